The average molecular weight is 278 g/mol. The van der Waals surface area contributed by atoms with E-state index < -0.39 is 0 Å². The molecule has 1 unspecified atom stereocenters. The van der Waals surface area contributed by atoms with E-state index in [0.717, 1.165) is 19.5 Å². The van der Waals surface area contributed by atoms with Crippen molar-refractivity contribution in [1.29, 1.82) is 0 Å². The highest BCUT2D eigenvalue weighted by atomic mass is 35.5. The molecule has 6 heteroatoms. The maximum Gasteiger partial charge on any atom is 0.225 e. The van der Waals surface area contributed by atoms with Gasteiger partial charge in [0.05, 0.1) is 0 Å². The molecule has 1 aromatic heterocycles. The van der Waals surface area contributed by atoms with E-state index >= 15 is 0 Å². The lowest BCUT2D eigenvalue weighted by molar-refractivity contribution is -0.117. The Balaban J connectivity index is 0.00000128. The summed E-state index contributed by atoms with van der Waals surface area (Å²) in [4.78, 5) is 15.6. The van der Waals surface area contributed by atoms with Crippen LogP contribution in [0, 0.1) is 5.92 Å². The highest BCUT2D eigenvalue weighted by Gasteiger charge is 2.17. The number of anilines is 1. The summed E-state index contributed by atoms with van der Waals surface area (Å²) in [7, 11) is 0. The van der Waals surface area contributed by atoms with Crippen molar-refractivity contribution >= 4 is 36.5 Å². The van der Waals surface area contributed by atoms with Gasteiger partial charge in [-0.1, -0.05) is 6.07 Å². The first-order valence-electron chi connectivity index (χ1n) is 5.26. The predicted molar refractivity (Wildman–Crippen MR) is 73.0 cm³/mol. The molecule has 2 heterocycles. The molecule has 0 saturated carbocycles. The van der Waals surface area contributed by atoms with Crippen molar-refractivity contribution < 1.29 is 4.79 Å². The summed E-state index contributed by atoms with van der Waals surface area (Å²) < 4.78 is 0. The van der Waals surface area contributed by atoms with E-state index in [0.29, 0.717) is 18.2 Å². The van der Waals surface area contributed by atoms with Gasteiger partial charge >= 0.3 is 0 Å². The largest absolute Gasteiger partial charge is 0.316 e. The molecule has 1 saturated heterocycles. The third-order valence-electron chi connectivity index (χ3n) is 2.57. The van der Waals surface area contributed by atoms with Gasteiger partial charge in [-0.15, -0.1) is 24.8 Å². The topological polar surface area (TPSA) is 54.0 Å². The number of hydrogen-bond donors (Lipinski definition) is 2. The summed E-state index contributed by atoms with van der Waals surface area (Å²) in [6.45, 7) is 1.98. The van der Waals surface area contributed by atoms with Gasteiger partial charge in [-0.05, 0) is 37.6 Å². The minimum absolute atomic E-state index is 0. The lowest BCUT2D eigenvalue weighted by atomic mass is 10.0. The fourth-order valence-electron chi connectivity index (χ4n) is 1.78. The Kier molecular flexibility index (Phi) is 7.87. The quantitative estimate of drug-likeness (QED) is 0.887. The van der Waals surface area contributed by atoms with Crippen molar-refractivity contribution in [3.05, 3.63) is 24.4 Å². The van der Waals surface area contributed by atoms with Gasteiger partial charge in [-0.25, -0.2) is 4.98 Å². The van der Waals surface area contributed by atoms with E-state index in [1.54, 1.807) is 12.3 Å². The van der Waals surface area contributed by atoms with E-state index in [1.807, 2.05) is 12.1 Å². The smallest absolute Gasteiger partial charge is 0.225 e. The molecule has 1 aromatic rings. The van der Waals surface area contributed by atoms with Gasteiger partial charge in [0.15, 0.2) is 0 Å². The molecule has 2 N–H and O–H groups in total. The van der Waals surface area contributed by atoms with Crippen LogP contribution >= 0.6 is 24.8 Å². The number of carbonyl (C=O) groups is 1. The molecule has 0 aliphatic carbocycles. The van der Waals surface area contributed by atoms with E-state index in [9.17, 15) is 4.79 Å². The monoisotopic (exact) mass is 277 g/mol. The summed E-state index contributed by atoms with van der Waals surface area (Å²) in [6.07, 6.45) is 3.35. The minimum Gasteiger partial charge on any atom is -0.316 e. The summed E-state index contributed by atoms with van der Waals surface area (Å²) in [5, 5.41) is 6.04. The normalized spacial score (nSPS) is 17.8. The van der Waals surface area contributed by atoms with Crippen molar-refractivity contribution in [3.8, 4) is 0 Å². The second kappa shape index (κ2) is 8.28. The average Bonchev–Trinajstić information content (AvgIpc) is 2.71. The first-order chi connectivity index (χ1) is 7.34. The molecule has 2 rings (SSSR count). The molecule has 0 radical (unpaired) electrons. The Morgan fingerprint density at radius 3 is 2.88 bits per heavy atom. The molecule has 0 bridgehead atoms. The van der Waals surface area contributed by atoms with Crippen LogP contribution in [0.2, 0.25) is 0 Å². The lowest BCUT2D eigenvalue weighted by Gasteiger charge is -2.08. The fourth-order valence-corrected chi connectivity index (χ4v) is 1.78. The van der Waals surface area contributed by atoms with Crippen LogP contribution in [0.5, 0.6) is 0 Å². The number of hydrogen-bond acceptors (Lipinski definition) is 3. The number of pyridine rings is 1. The maximum atomic E-state index is 11.6. The molecule has 1 aliphatic rings. The molecule has 1 amide bonds. The van der Waals surface area contributed by atoms with Gasteiger partial charge in [-0.2, -0.15) is 0 Å². The van der Waals surface area contributed by atoms with E-state index in [4.69, 9.17) is 0 Å². The van der Waals surface area contributed by atoms with Crippen LogP contribution in [0.15, 0.2) is 24.4 Å². The number of carbonyl (C=O) groups excluding carboxylic acids is 1. The molecule has 17 heavy (non-hydrogen) atoms. The van der Waals surface area contributed by atoms with Gasteiger partial charge in [0, 0.05) is 12.6 Å². The minimum atomic E-state index is 0. The van der Waals surface area contributed by atoms with Gasteiger partial charge in [0.1, 0.15) is 5.82 Å². The van der Waals surface area contributed by atoms with Crippen molar-refractivity contribution in [2.45, 2.75) is 12.8 Å². The van der Waals surface area contributed by atoms with Crippen LogP contribution in [-0.4, -0.2) is 24.0 Å². The van der Waals surface area contributed by atoms with E-state index in [2.05, 4.69) is 15.6 Å². The zero-order valence-electron chi connectivity index (χ0n) is 9.39. The standard InChI is InChI=1S/C11H15N3O.2ClH/c15-11(7-9-4-6-12-8-9)14-10-3-1-2-5-13-10;;/h1-3,5,9,12H,4,6-8H2,(H,13,14,15);2*1H. The van der Waals surface area contributed by atoms with Gasteiger partial charge in [-0.3, -0.25) is 4.79 Å². The first kappa shape index (κ1) is 16.2. The van der Waals surface area contributed by atoms with Crippen LogP contribution in [0.25, 0.3) is 0 Å². The number of nitrogens with one attached hydrogen (secondary N) is 2. The van der Waals surface area contributed by atoms with Crippen LogP contribution in [-0.2, 0) is 4.79 Å². The zero-order chi connectivity index (χ0) is 10.5. The molecule has 1 aliphatic heterocycles. The summed E-state index contributed by atoms with van der Waals surface area (Å²) in [5.74, 6) is 1.17. The third-order valence-corrected chi connectivity index (χ3v) is 2.57. The van der Waals surface area contributed by atoms with Crippen LogP contribution in [0.4, 0.5) is 5.82 Å². The second-order valence-corrected chi connectivity index (χ2v) is 3.83. The SMILES string of the molecule is Cl.Cl.O=C(CC1CCNC1)Nc1ccccn1. The van der Waals surface area contributed by atoms with E-state index in [1.165, 1.54) is 0 Å². The molecule has 96 valence electrons. The Morgan fingerprint density at radius 2 is 2.29 bits per heavy atom. The third kappa shape index (κ3) is 5.35. The van der Waals surface area contributed by atoms with E-state index in [-0.39, 0.29) is 30.7 Å². The number of aromatic nitrogens is 1. The number of rotatable bonds is 3. The summed E-state index contributed by atoms with van der Waals surface area (Å²) >= 11 is 0. The first-order valence-corrected chi connectivity index (χ1v) is 5.26. The summed E-state index contributed by atoms with van der Waals surface area (Å²) in [5.41, 5.74) is 0. The highest BCUT2D eigenvalue weighted by molar-refractivity contribution is 5.89. The number of nitrogens with zero attached hydrogens (tertiary/aromatic N) is 1. The Labute approximate surface area is 113 Å². The Morgan fingerprint density at radius 1 is 1.47 bits per heavy atom. The lowest BCUT2D eigenvalue weighted by Crippen LogP contribution is -2.18. The maximum absolute atomic E-state index is 11.6. The van der Waals surface area contributed by atoms with Crippen LogP contribution < -0.4 is 10.6 Å². The molecule has 4 nitrogen and oxygen atoms in total. The van der Waals surface area contributed by atoms with Gasteiger partial charge in [0.2, 0.25) is 5.91 Å². The van der Waals surface area contributed by atoms with Crippen molar-refractivity contribution in [2.75, 3.05) is 18.4 Å². The number of halogens is 2. The summed E-state index contributed by atoms with van der Waals surface area (Å²) in [6, 6.07) is 5.49. The molecule has 1 atom stereocenters. The van der Waals surface area contributed by atoms with Crippen molar-refractivity contribution in [2.24, 2.45) is 5.92 Å². The molecule has 0 spiro atoms. The van der Waals surface area contributed by atoms with Gasteiger partial charge < -0.3 is 10.6 Å². The number of amides is 1. The van der Waals surface area contributed by atoms with Crippen molar-refractivity contribution in [3.63, 3.8) is 0 Å². The Hall–Kier alpha value is -0.840. The second-order valence-electron chi connectivity index (χ2n) is 3.83. The molecular weight excluding hydrogens is 261 g/mol. The Bertz CT molecular complexity index is 329. The fraction of sp³-hybridized carbons (Fsp3) is 0.455. The predicted octanol–water partition coefficient (Wildman–Crippen LogP) is 1.86. The molecular formula is C11H17Cl2N3O. The highest BCUT2D eigenvalue weighted by Crippen LogP contribution is 2.13. The molecule has 1 fully saturated rings. The zero-order valence-corrected chi connectivity index (χ0v) is 11.0. The van der Waals surface area contributed by atoms with Crippen LogP contribution in [0.3, 0.4) is 0 Å². The van der Waals surface area contributed by atoms with Gasteiger partial charge in [0.25, 0.3) is 0 Å². The van der Waals surface area contributed by atoms with Crippen molar-refractivity contribution in [1.82, 2.24) is 10.3 Å². The molecule has 0 aromatic carbocycles. The van der Waals surface area contributed by atoms with Crippen LogP contribution in [0.1, 0.15) is 12.8 Å².